The fourth-order valence-corrected chi connectivity index (χ4v) is 6.90. The third kappa shape index (κ3) is 6.98. The monoisotopic (exact) mass is 630 g/mol. The minimum Gasteiger partial charge on any atom is -0.460 e. The third-order valence-corrected chi connectivity index (χ3v) is 9.50. The van der Waals surface area contributed by atoms with Crippen LogP contribution in [0, 0.1) is 17.3 Å². The van der Waals surface area contributed by atoms with E-state index in [9.17, 15) is 26.3 Å². The van der Waals surface area contributed by atoms with Crippen LogP contribution in [-0.2, 0) is 25.3 Å². The molecule has 0 amide bonds. The number of hydrogen-bond donors (Lipinski definition) is 1. The maximum absolute atomic E-state index is 13.3. The summed E-state index contributed by atoms with van der Waals surface area (Å²) >= 11 is 0. The summed E-state index contributed by atoms with van der Waals surface area (Å²) in [4.78, 5) is 11.7. The highest BCUT2D eigenvalue weighted by Gasteiger charge is 2.54. The van der Waals surface area contributed by atoms with Crippen LogP contribution in [-0.4, -0.2) is 30.6 Å². The number of hydrogen-bond acceptors (Lipinski definition) is 5. The number of rotatable bonds is 9. The first-order valence-corrected chi connectivity index (χ1v) is 15.3. The van der Waals surface area contributed by atoms with Crippen LogP contribution < -0.4 is 10.2 Å². The molecular weight excluding hydrogens is 594 g/mol. The summed E-state index contributed by atoms with van der Waals surface area (Å²) in [5.41, 5.74) is -1.59. The van der Waals surface area contributed by atoms with E-state index in [1.165, 1.54) is 25.3 Å². The number of fused-ring (bicyclic) bond motifs is 1. The molecule has 0 bridgehead atoms. The van der Waals surface area contributed by atoms with E-state index < -0.39 is 23.5 Å². The zero-order valence-electron chi connectivity index (χ0n) is 25.2. The first-order chi connectivity index (χ1) is 21.3. The number of nitrogens with zero attached hydrogens (tertiary/aromatic N) is 3. The van der Waals surface area contributed by atoms with Gasteiger partial charge in [-0.2, -0.15) is 26.3 Å². The molecule has 2 fully saturated rings. The molecule has 1 atom stereocenters. The van der Waals surface area contributed by atoms with Crippen LogP contribution in [0.25, 0.3) is 22.2 Å². The number of anilines is 1. The Morgan fingerprint density at radius 2 is 1.60 bits per heavy atom. The van der Waals surface area contributed by atoms with Crippen LogP contribution in [0.2, 0.25) is 0 Å². The van der Waals surface area contributed by atoms with E-state index in [1.54, 1.807) is 6.07 Å². The van der Waals surface area contributed by atoms with Crippen LogP contribution in [0.15, 0.2) is 59.0 Å². The molecular formula is C34H36F6N4O. The molecule has 2 heterocycles. The number of aromatic nitrogens is 2. The summed E-state index contributed by atoms with van der Waals surface area (Å²) in [5, 5.41) is 4.43. The van der Waals surface area contributed by atoms with Crippen molar-refractivity contribution in [3.8, 4) is 11.3 Å². The van der Waals surface area contributed by atoms with E-state index >= 15 is 0 Å². The molecule has 0 radical (unpaired) electrons. The summed E-state index contributed by atoms with van der Waals surface area (Å²) in [6, 6.07) is 12.6. The molecule has 4 aromatic rings. The maximum atomic E-state index is 13.3. The zero-order valence-corrected chi connectivity index (χ0v) is 25.2. The normalized spacial score (nSPS) is 21.9. The van der Waals surface area contributed by atoms with E-state index in [0.717, 1.165) is 54.8 Å². The molecule has 1 spiro atoms. The van der Waals surface area contributed by atoms with Crippen molar-refractivity contribution in [1.82, 2.24) is 15.3 Å². The van der Waals surface area contributed by atoms with Crippen molar-refractivity contribution in [3.05, 3.63) is 77.3 Å². The van der Waals surface area contributed by atoms with Gasteiger partial charge in [0, 0.05) is 31.5 Å². The Morgan fingerprint density at radius 1 is 0.911 bits per heavy atom. The van der Waals surface area contributed by atoms with Gasteiger partial charge in [-0.05, 0) is 105 Å². The molecule has 2 aromatic carbocycles. The summed E-state index contributed by atoms with van der Waals surface area (Å²) in [7, 11) is 4.01. The van der Waals surface area contributed by atoms with Crippen LogP contribution in [0.4, 0.5) is 32.2 Å². The SMILES string of the molecule is CN(C)c1nc(CC[C@H]2CC23CCC(CNCc2ccc(-c4cc(C(F)(F)F)cc(C(F)(F)F)c4)o2)CC3)nc2ccccc12. The van der Waals surface area contributed by atoms with Crippen molar-refractivity contribution in [2.24, 2.45) is 17.3 Å². The van der Waals surface area contributed by atoms with Gasteiger partial charge in [0.25, 0.3) is 0 Å². The Bertz CT molecular complexity index is 1620. The lowest BCUT2D eigenvalue weighted by Gasteiger charge is -2.29. The van der Waals surface area contributed by atoms with Gasteiger partial charge in [-0.15, -0.1) is 0 Å². The van der Waals surface area contributed by atoms with Gasteiger partial charge in [-0.25, -0.2) is 9.97 Å². The van der Waals surface area contributed by atoms with Crippen LogP contribution in [0.3, 0.4) is 0 Å². The summed E-state index contributed by atoms with van der Waals surface area (Å²) < 4.78 is 85.2. The molecule has 45 heavy (non-hydrogen) atoms. The van der Waals surface area contributed by atoms with Gasteiger partial charge in [0.05, 0.1) is 23.2 Å². The van der Waals surface area contributed by atoms with Crippen molar-refractivity contribution in [2.75, 3.05) is 25.5 Å². The molecule has 1 N–H and O–H groups in total. The predicted molar refractivity (Wildman–Crippen MR) is 161 cm³/mol. The fraction of sp³-hybridized carbons (Fsp3) is 0.471. The first kappa shape index (κ1) is 31.4. The Morgan fingerprint density at radius 3 is 2.27 bits per heavy atom. The summed E-state index contributed by atoms with van der Waals surface area (Å²) in [6.07, 6.45) is -1.99. The molecule has 240 valence electrons. The number of benzene rings is 2. The minimum absolute atomic E-state index is 0.0326. The third-order valence-electron chi connectivity index (χ3n) is 9.50. The molecule has 2 aliphatic carbocycles. The van der Waals surface area contributed by atoms with E-state index in [4.69, 9.17) is 14.4 Å². The van der Waals surface area contributed by atoms with E-state index in [-0.39, 0.29) is 17.4 Å². The predicted octanol–water partition coefficient (Wildman–Crippen LogP) is 8.91. The topological polar surface area (TPSA) is 54.2 Å². The Hall–Kier alpha value is -3.60. The number of para-hydroxylation sites is 1. The number of alkyl halides is 6. The van der Waals surface area contributed by atoms with Gasteiger partial charge in [0.1, 0.15) is 23.2 Å². The van der Waals surface area contributed by atoms with Gasteiger partial charge in [-0.3, -0.25) is 0 Å². The number of furan rings is 1. The molecule has 2 aromatic heterocycles. The molecule has 2 aliphatic rings. The largest absolute Gasteiger partial charge is 0.460 e. The Balaban J connectivity index is 0.982. The van der Waals surface area contributed by atoms with Crippen molar-refractivity contribution < 1.29 is 30.8 Å². The van der Waals surface area contributed by atoms with Crippen molar-refractivity contribution in [1.29, 1.82) is 0 Å². The van der Waals surface area contributed by atoms with Gasteiger partial charge >= 0.3 is 12.4 Å². The van der Waals surface area contributed by atoms with Crippen molar-refractivity contribution in [2.45, 2.75) is 63.8 Å². The average molecular weight is 631 g/mol. The van der Waals surface area contributed by atoms with Crippen molar-refractivity contribution >= 4 is 16.7 Å². The Labute approximate surface area is 258 Å². The molecule has 11 heteroatoms. The van der Waals surface area contributed by atoms with Gasteiger partial charge < -0.3 is 14.6 Å². The van der Waals surface area contributed by atoms with Crippen LogP contribution in [0.1, 0.15) is 61.2 Å². The number of nitrogens with one attached hydrogen (secondary N) is 1. The van der Waals surface area contributed by atoms with Crippen LogP contribution >= 0.6 is 0 Å². The summed E-state index contributed by atoms with van der Waals surface area (Å²) in [6.45, 7) is 1.12. The summed E-state index contributed by atoms with van der Waals surface area (Å²) in [5.74, 6) is 3.47. The second kappa shape index (κ2) is 12.0. The van der Waals surface area contributed by atoms with Crippen LogP contribution in [0.5, 0.6) is 0 Å². The number of aryl methyl sites for hydroxylation is 1. The molecule has 0 unspecified atom stereocenters. The molecule has 2 saturated carbocycles. The van der Waals surface area contributed by atoms with Gasteiger partial charge in [0.2, 0.25) is 0 Å². The lowest BCUT2D eigenvalue weighted by molar-refractivity contribution is -0.143. The Kier molecular flexibility index (Phi) is 8.34. The van der Waals surface area contributed by atoms with Gasteiger partial charge in [0.15, 0.2) is 0 Å². The van der Waals surface area contributed by atoms with E-state index in [0.29, 0.717) is 41.7 Å². The van der Waals surface area contributed by atoms with Gasteiger partial charge in [-0.1, -0.05) is 12.1 Å². The second-order valence-corrected chi connectivity index (χ2v) is 12.8. The highest BCUT2D eigenvalue weighted by molar-refractivity contribution is 5.89. The lowest BCUT2D eigenvalue weighted by Crippen LogP contribution is -2.27. The highest BCUT2D eigenvalue weighted by atomic mass is 19.4. The quantitative estimate of drug-likeness (QED) is 0.187. The average Bonchev–Trinajstić information content (AvgIpc) is 3.43. The molecule has 0 aliphatic heterocycles. The number of halogens is 6. The van der Waals surface area contributed by atoms with E-state index in [2.05, 4.69) is 11.4 Å². The second-order valence-electron chi connectivity index (χ2n) is 12.8. The highest BCUT2D eigenvalue weighted by Crippen LogP contribution is 2.63. The fourth-order valence-electron chi connectivity index (χ4n) is 6.90. The minimum atomic E-state index is -4.91. The molecule has 5 nitrogen and oxygen atoms in total. The lowest BCUT2D eigenvalue weighted by atomic mass is 9.78. The molecule has 6 rings (SSSR count). The first-order valence-electron chi connectivity index (χ1n) is 15.3. The zero-order chi connectivity index (χ0) is 32.0. The maximum Gasteiger partial charge on any atom is 0.416 e. The van der Waals surface area contributed by atoms with Crippen molar-refractivity contribution in [3.63, 3.8) is 0 Å². The smallest absolute Gasteiger partial charge is 0.416 e. The standard InChI is InChI=1S/C34H36F6N4O/c1-44(2)31-27-5-3-4-6-28(27)42-30(43-31)10-7-23-18-32(23)13-11-21(12-14-32)19-41-20-26-8-9-29(45-26)22-15-24(33(35,36)37)17-25(16-22)34(38,39)40/h3-6,8-9,15-17,21,23,41H,7,10-14,18-20H2,1-2H3/t21?,23-,32?/m0/s1. The molecule has 0 saturated heterocycles. The van der Waals surface area contributed by atoms with E-state index in [1.807, 2.05) is 37.2 Å².